The molecule has 0 atom stereocenters. The molecule has 0 spiro atoms. The third-order valence-electron chi connectivity index (χ3n) is 4.00. The number of rotatable bonds is 14. The number of aliphatic imine (C=N–C) groups is 1. The van der Waals surface area contributed by atoms with Crippen molar-refractivity contribution in [1.29, 1.82) is 0 Å². The first kappa shape index (κ1) is 24.2. The fraction of sp³-hybridized carbons (Fsp3) is 0.565. The van der Waals surface area contributed by atoms with Crippen LogP contribution in [0.25, 0.3) is 0 Å². The molecule has 0 unspecified atom stereocenters. The predicted molar refractivity (Wildman–Crippen MR) is 115 cm³/mol. The van der Waals surface area contributed by atoms with E-state index in [4.69, 9.17) is 14.2 Å². The molecule has 156 valence electrons. The van der Waals surface area contributed by atoms with Gasteiger partial charge in [0.1, 0.15) is 6.61 Å². The highest BCUT2D eigenvalue weighted by molar-refractivity contribution is 5.78. The summed E-state index contributed by atoms with van der Waals surface area (Å²) in [5, 5.41) is 0. The summed E-state index contributed by atoms with van der Waals surface area (Å²) < 4.78 is 18.8. The molecule has 1 heterocycles. The minimum absolute atomic E-state index is 0.582. The molecule has 0 N–H and O–H groups in total. The van der Waals surface area contributed by atoms with Gasteiger partial charge in [-0.2, -0.15) is 0 Å². The zero-order valence-corrected chi connectivity index (χ0v) is 18.2. The van der Waals surface area contributed by atoms with E-state index in [1.165, 1.54) is 16.7 Å². The lowest BCUT2D eigenvalue weighted by molar-refractivity contribution is -0.699. The summed E-state index contributed by atoms with van der Waals surface area (Å²) in [5.41, 5.74) is 4.92. The normalized spacial score (nSPS) is 12.9. The van der Waals surface area contributed by atoms with Crippen LogP contribution in [0.5, 0.6) is 0 Å². The van der Waals surface area contributed by atoms with Crippen molar-refractivity contribution in [2.45, 2.75) is 41.2 Å². The zero-order chi connectivity index (χ0) is 20.6. The van der Waals surface area contributed by atoms with Crippen LogP contribution in [0, 0.1) is 13.8 Å². The minimum Gasteiger partial charge on any atom is -0.377 e. The summed E-state index contributed by atoms with van der Waals surface area (Å²) >= 11 is 0. The lowest BCUT2D eigenvalue weighted by atomic mass is 10.2. The highest BCUT2D eigenvalue weighted by atomic mass is 16.5. The van der Waals surface area contributed by atoms with Crippen molar-refractivity contribution in [1.82, 2.24) is 0 Å². The fourth-order valence-electron chi connectivity index (χ4n) is 2.64. The van der Waals surface area contributed by atoms with Crippen molar-refractivity contribution in [2.24, 2.45) is 4.99 Å². The molecule has 5 heteroatoms. The fourth-order valence-corrected chi connectivity index (χ4v) is 2.64. The van der Waals surface area contributed by atoms with Gasteiger partial charge >= 0.3 is 0 Å². The highest BCUT2D eigenvalue weighted by Gasteiger charge is 2.02. The molecule has 28 heavy (non-hydrogen) atoms. The maximum absolute atomic E-state index is 5.62. The van der Waals surface area contributed by atoms with Crippen LogP contribution in [-0.4, -0.2) is 52.4 Å². The molecule has 0 amide bonds. The van der Waals surface area contributed by atoms with Crippen LogP contribution < -0.4 is 4.57 Å². The number of hydrogen-bond acceptors (Lipinski definition) is 4. The second-order valence-electron chi connectivity index (χ2n) is 6.92. The van der Waals surface area contributed by atoms with Gasteiger partial charge in [0.15, 0.2) is 18.9 Å². The Bertz CT molecular complexity index is 631. The van der Waals surface area contributed by atoms with E-state index in [2.05, 4.69) is 60.9 Å². The monoisotopic (exact) mass is 389 g/mol. The molecule has 0 saturated heterocycles. The van der Waals surface area contributed by atoms with Crippen molar-refractivity contribution in [3.05, 3.63) is 52.9 Å². The summed E-state index contributed by atoms with van der Waals surface area (Å²) in [6, 6.07) is 2.17. The average Bonchev–Trinajstić information content (AvgIpc) is 2.64. The molecule has 0 bridgehead atoms. The third-order valence-corrected chi connectivity index (χ3v) is 4.00. The Morgan fingerprint density at radius 3 is 2.07 bits per heavy atom. The largest absolute Gasteiger partial charge is 0.377 e. The van der Waals surface area contributed by atoms with E-state index in [0.29, 0.717) is 46.2 Å². The number of nitrogens with zero attached hydrogens (tertiary/aromatic N) is 2. The van der Waals surface area contributed by atoms with Gasteiger partial charge < -0.3 is 14.2 Å². The molecule has 1 rings (SSSR count). The van der Waals surface area contributed by atoms with Gasteiger partial charge in [-0.25, -0.2) is 4.57 Å². The first-order chi connectivity index (χ1) is 13.5. The summed E-state index contributed by atoms with van der Waals surface area (Å²) in [7, 11) is 0. The van der Waals surface area contributed by atoms with Crippen LogP contribution in [0.4, 0.5) is 0 Å². The van der Waals surface area contributed by atoms with Crippen LogP contribution in [0.2, 0.25) is 0 Å². The van der Waals surface area contributed by atoms with Gasteiger partial charge in [0.2, 0.25) is 0 Å². The van der Waals surface area contributed by atoms with Crippen molar-refractivity contribution < 1.29 is 18.8 Å². The van der Waals surface area contributed by atoms with Crippen LogP contribution >= 0.6 is 0 Å². The van der Waals surface area contributed by atoms with E-state index in [-0.39, 0.29) is 0 Å². The Balaban J connectivity index is 1.93. The molecule has 0 aromatic carbocycles. The average molecular weight is 390 g/mol. The molecule has 0 radical (unpaired) electrons. The summed E-state index contributed by atoms with van der Waals surface area (Å²) in [5.74, 6) is 0. The van der Waals surface area contributed by atoms with Crippen molar-refractivity contribution in [2.75, 3.05) is 46.2 Å². The third kappa shape index (κ3) is 12.5. The SMILES string of the molecule is C/C=C(C)\C=C(\C)C=NCCOCCOCCOCC[n+]1cc(C)cc(C)c1. The summed E-state index contributed by atoms with van der Waals surface area (Å²) in [4.78, 5) is 4.35. The molecule has 1 aromatic rings. The maximum atomic E-state index is 5.62. The molecule has 0 fully saturated rings. The van der Waals surface area contributed by atoms with E-state index in [0.717, 1.165) is 12.1 Å². The quantitative estimate of drug-likeness (QED) is 0.211. The van der Waals surface area contributed by atoms with Gasteiger partial charge in [0, 0.05) is 17.3 Å². The van der Waals surface area contributed by atoms with Crippen LogP contribution in [0.3, 0.4) is 0 Å². The number of ether oxygens (including phenoxy) is 3. The van der Waals surface area contributed by atoms with Crippen LogP contribution in [0.1, 0.15) is 31.9 Å². The topological polar surface area (TPSA) is 43.9 Å². The molecular formula is C23H37N2O3+. The molecular weight excluding hydrogens is 352 g/mol. The second kappa shape index (κ2) is 15.1. The molecule has 5 nitrogen and oxygen atoms in total. The second-order valence-corrected chi connectivity index (χ2v) is 6.92. The Morgan fingerprint density at radius 2 is 1.46 bits per heavy atom. The van der Waals surface area contributed by atoms with Crippen LogP contribution in [-0.2, 0) is 20.8 Å². The summed E-state index contributed by atoms with van der Waals surface area (Å²) in [6.07, 6.45) is 10.3. The van der Waals surface area contributed by atoms with Gasteiger partial charge in [-0.3, -0.25) is 4.99 Å². The van der Waals surface area contributed by atoms with E-state index in [1.54, 1.807) is 0 Å². The molecule has 0 saturated carbocycles. The summed E-state index contributed by atoms with van der Waals surface area (Å²) in [6.45, 7) is 15.6. The Morgan fingerprint density at radius 1 is 0.893 bits per heavy atom. The number of hydrogen-bond donors (Lipinski definition) is 0. The standard InChI is InChI=1S/C23H37N2O3/c1-6-20(2)15-21(3)17-24-7-9-26-11-13-28-14-12-27-10-8-25-18-22(4)16-23(5)19-25/h6,15-19H,7-14H2,1-5H3/q+1/b20-6-,21-15-,24-17?. The molecule has 0 aliphatic heterocycles. The van der Waals surface area contributed by atoms with E-state index in [9.17, 15) is 0 Å². The number of aryl methyl sites for hydroxylation is 2. The van der Waals surface area contributed by atoms with E-state index in [1.807, 2.05) is 20.1 Å². The minimum atomic E-state index is 0.582. The van der Waals surface area contributed by atoms with Gasteiger partial charge in [0.25, 0.3) is 0 Å². The van der Waals surface area contributed by atoms with E-state index >= 15 is 0 Å². The smallest absolute Gasteiger partial charge is 0.171 e. The van der Waals surface area contributed by atoms with Crippen molar-refractivity contribution >= 4 is 6.21 Å². The lowest BCUT2D eigenvalue weighted by Crippen LogP contribution is -2.36. The van der Waals surface area contributed by atoms with Gasteiger partial charge in [-0.05, 0) is 46.3 Å². The predicted octanol–water partition coefficient (Wildman–Crippen LogP) is 3.62. The first-order valence-electron chi connectivity index (χ1n) is 10.0. The number of pyridine rings is 1. The van der Waals surface area contributed by atoms with Gasteiger partial charge in [-0.1, -0.05) is 17.7 Å². The van der Waals surface area contributed by atoms with Gasteiger partial charge in [0.05, 0.1) is 39.6 Å². The number of allylic oxidation sites excluding steroid dienone is 4. The van der Waals surface area contributed by atoms with Crippen molar-refractivity contribution in [3.63, 3.8) is 0 Å². The Kier molecular flexibility index (Phi) is 13.1. The first-order valence-corrected chi connectivity index (χ1v) is 10.0. The molecule has 0 aliphatic rings. The molecule has 1 aromatic heterocycles. The highest BCUT2D eigenvalue weighted by Crippen LogP contribution is 1.99. The maximum Gasteiger partial charge on any atom is 0.171 e. The lowest BCUT2D eigenvalue weighted by Gasteiger charge is -2.06. The van der Waals surface area contributed by atoms with Gasteiger partial charge in [-0.15, -0.1) is 0 Å². The Labute approximate surface area is 170 Å². The Hall–Kier alpha value is -1.82. The zero-order valence-electron chi connectivity index (χ0n) is 18.2. The van der Waals surface area contributed by atoms with Crippen LogP contribution in [0.15, 0.2) is 46.8 Å². The molecule has 0 aliphatic carbocycles. The number of aromatic nitrogens is 1. The van der Waals surface area contributed by atoms with E-state index < -0.39 is 0 Å². The van der Waals surface area contributed by atoms with Crippen molar-refractivity contribution in [3.8, 4) is 0 Å².